The molecule has 1 aromatic carbocycles. The Morgan fingerprint density at radius 2 is 1.83 bits per heavy atom. The van der Waals surface area contributed by atoms with E-state index in [-0.39, 0.29) is 24.3 Å². The molecule has 0 radical (unpaired) electrons. The van der Waals surface area contributed by atoms with Crippen molar-refractivity contribution >= 4 is 17.5 Å². The Balaban J connectivity index is 1.55. The fourth-order valence-corrected chi connectivity index (χ4v) is 3.98. The van der Waals surface area contributed by atoms with Gasteiger partial charge in [-0.2, -0.15) is 0 Å². The summed E-state index contributed by atoms with van der Waals surface area (Å²) in [5.41, 5.74) is 3.05. The summed E-state index contributed by atoms with van der Waals surface area (Å²) in [6.07, 6.45) is 4.87. The van der Waals surface area contributed by atoms with E-state index >= 15 is 0 Å². The van der Waals surface area contributed by atoms with E-state index in [1.807, 2.05) is 32.0 Å². The van der Waals surface area contributed by atoms with Gasteiger partial charge in [-0.05, 0) is 55.7 Å². The molecular formula is C19H26N2O2. The van der Waals surface area contributed by atoms with E-state index in [4.69, 9.17) is 0 Å². The van der Waals surface area contributed by atoms with Gasteiger partial charge in [-0.15, -0.1) is 0 Å². The maximum absolute atomic E-state index is 12.5. The van der Waals surface area contributed by atoms with Gasteiger partial charge in [-0.3, -0.25) is 9.59 Å². The van der Waals surface area contributed by atoms with Crippen LogP contribution in [0.15, 0.2) is 18.2 Å². The molecule has 2 aliphatic carbocycles. The van der Waals surface area contributed by atoms with Crippen molar-refractivity contribution in [3.8, 4) is 0 Å². The van der Waals surface area contributed by atoms with Gasteiger partial charge in [0.15, 0.2) is 0 Å². The molecule has 124 valence electrons. The largest absolute Gasteiger partial charge is 0.336 e. The maximum atomic E-state index is 12.5. The van der Waals surface area contributed by atoms with Crippen molar-refractivity contribution in [3.63, 3.8) is 0 Å². The van der Waals surface area contributed by atoms with E-state index < -0.39 is 0 Å². The lowest BCUT2D eigenvalue weighted by Gasteiger charge is -2.18. The first-order valence-electron chi connectivity index (χ1n) is 8.60. The minimum Gasteiger partial charge on any atom is -0.336 e. The topological polar surface area (TPSA) is 49.4 Å². The van der Waals surface area contributed by atoms with Crippen molar-refractivity contribution < 1.29 is 9.59 Å². The van der Waals surface area contributed by atoms with Gasteiger partial charge in [-0.25, -0.2) is 0 Å². The highest BCUT2D eigenvalue weighted by atomic mass is 16.2. The zero-order valence-corrected chi connectivity index (χ0v) is 14.3. The average Bonchev–Trinajstić information content (AvgIpc) is 3.25. The van der Waals surface area contributed by atoms with Crippen LogP contribution in [-0.2, 0) is 9.59 Å². The molecule has 4 nitrogen and oxygen atoms in total. The zero-order chi connectivity index (χ0) is 16.6. The summed E-state index contributed by atoms with van der Waals surface area (Å²) in [4.78, 5) is 26.4. The number of anilines is 1. The van der Waals surface area contributed by atoms with Crippen molar-refractivity contribution in [3.05, 3.63) is 29.3 Å². The van der Waals surface area contributed by atoms with Gasteiger partial charge in [0, 0.05) is 18.7 Å². The molecule has 0 aliphatic heterocycles. The van der Waals surface area contributed by atoms with Gasteiger partial charge in [0.2, 0.25) is 11.8 Å². The minimum absolute atomic E-state index is 0.127. The van der Waals surface area contributed by atoms with Crippen molar-refractivity contribution in [2.45, 2.75) is 39.5 Å². The number of carbonyl (C=O) groups is 2. The number of benzene rings is 1. The fourth-order valence-electron chi connectivity index (χ4n) is 3.98. The number of hydrogen-bond donors (Lipinski definition) is 1. The lowest BCUT2D eigenvalue weighted by Crippen LogP contribution is -2.36. The molecule has 2 atom stereocenters. The van der Waals surface area contributed by atoms with Crippen LogP contribution < -0.4 is 5.32 Å². The van der Waals surface area contributed by atoms with Gasteiger partial charge in [0.25, 0.3) is 0 Å². The lowest BCUT2D eigenvalue weighted by atomic mass is 10.0. The number of nitrogens with zero attached hydrogens (tertiary/aromatic N) is 1. The van der Waals surface area contributed by atoms with Gasteiger partial charge in [0.05, 0.1) is 6.54 Å². The summed E-state index contributed by atoms with van der Waals surface area (Å²) in [7, 11) is 1.75. The van der Waals surface area contributed by atoms with E-state index in [9.17, 15) is 9.59 Å². The van der Waals surface area contributed by atoms with Crippen molar-refractivity contribution in [2.75, 3.05) is 18.9 Å². The van der Waals surface area contributed by atoms with Crippen molar-refractivity contribution in [2.24, 2.45) is 17.8 Å². The number of fused-ring (bicyclic) bond motifs is 1. The SMILES string of the molecule is Cc1cccc(NC(=O)CN(C)C(=O)C2C3CCCCC32)c1C. The minimum atomic E-state index is -0.127. The van der Waals surface area contributed by atoms with Crippen LogP contribution in [0.2, 0.25) is 0 Å². The molecule has 2 unspecified atom stereocenters. The van der Waals surface area contributed by atoms with Gasteiger partial charge < -0.3 is 10.2 Å². The molecule has 0 saturated heterocycles. The summed E-state index contributed by atoms with van der Waals surface area (Å²) < 4.78 is 0. The second-order valence-corrected chi connectivity index (χ2v) is 7.13. The highest BCUT2D eigenvalue weighted by Crippen LogP contribution is 2.55. The number of likely N-dealkylation sites (N-methyl/N-ethyl adjacent to an activating group) is 1. The van der Waals surface area contributed by atoms with E-state index in [0.717, 1.165) is 16.8 Å². The predicted molar refractivity (Wildman–Crippen MR) is 91.1 cm³/mol. The van der Waals surface area contributed by atoms with Gasteiger partial charge in [0.1, 0.15) is 0 Å². The predicted octanol–water partition coefficient (Wildman–Crippen LogP) is 3.14. The Kier molecular flexibility index (Phi) is 4.42. The summed E-state index contributed by atoms with van der Waals surface area (Å²) in [6.45, 7) is 4.15. The number of nitrogens with one attached hydrogen (secondary N) is 1. The summed E-state index contributed by atoms with van der Waals surface area (Å²) in [6, 6.07) is 5.86. The number of carbonyl (C=O) groups excluding carboxylic acids is 2. The van der Waals surface area contributed by atoms with Crippen LogP contribution in [0.5, 0.6) is 0 Å². The molecule has 23 heavy (non-hydrogen) atoms. The molecule has 0 aromatic heterocycles. The van der Waals surface area contributed by atoms with Gasteiger partial charge in [-0.1, -0.05) is 25.0 Å². The third-order valence-corrected chi connectivity index (χ3v) is 5.58. The van der Waals surface area contributed by atoms with E-state index in [0.29, 0.717) is 11.8 Å². The molecule has 0 bridgehead atoms. The highest BCUT2D eigenvalue weighted by Gasteiger charge is 2.55. The summed E-state index contributed by atoms with van der Waals surface area (Å²) in [5.74, 6) is 1.37. The number of amides is 2. The lowest BCUT2D eigenvalue weighted by molar-refractivity contribution is -0.135. The Morgan fingerprint density at radius 1 is 1.17 bits per heavy atom. The molecule has 4 heteroatoms. The third kappa shape index (κ3) is 3.26. The number of aryl methyl sites for hydroxylation is 1. The molecular weight excluding hydrogens is 288 g/mol. The Morgan fingerprint density at radius 3 is 2.48 bits per heavy atom. The van der Waals surface area contributed by atoms with Crippen molar-refractivity contribution in [1.82, 2.24) is 4.90 Å². The first-order valence-corrected chi connectivity index (χ1v) is 8.60. The third-order valence-electron chi connectivity index (χ3n) is 5.58. The molecule has 2 aliphatic rings. The number of rotatable bonds is 4. The standard InChI is InChI=1S/C19H26N2O2/c1-12-7-6-10-16(13(12)2)20-17(22)11-21(3)19(23)18-14-8-4-5-9-15(14)18/h6-7,10,14-15,18H,4-5,8-9,11H2,1-3H3,(H,20,22). The van der Waals surface area contributed by atoms with E-state index in [1.54, 1.807) is 11.9 Å². The molecule has 2 saturated carbocycles. The number of hydrogen-bond acceptors (Lipinski definition) is 2. The van der Waals surface area contributed by atoms with E-state index in [1.165, 1.54) is 25.7 Å². The molecule has 3 rings (SSSR count). The van der Waals surface area contributed by atoms with Crippen LogP contribution in [0, 0.1) is 31.6 Å². The second kappa shape index (κ2) is 6.34. The maximum Gasteiger partial charge on any atom is 0.243 e. The molecule has 2 fully saturated rings. The Labute approximate surface area is 138 Å². The fraction of sp³-hybridized carbons (Fsp3) is 0.579. The van der Waals surface area contributed by atoms with Crippen molar-refractivity contribution in [1.29, 1.82) is 0 Å². The monoisotopic (exact) mass is 314 g/mol. The second-order valence-electron chi connectivity index (χ2n) is 7.13. The van der Waals surface area contributed by atoms with Crippen LogP contribution in [0.25, 0.3) is 0 Å². The van der Waals surface area contributed by atoms with Crippen LogP contribution in [0.3, 0.4) is 0 Å². The molecule has 1 aromatic rings. The average molecular weight is 314 g/mol. The molecule has 2 amide bonds. The first kappa shape index (κ1) is 16.0. The van der Waals surface area contributed by atoms with Gasteiger partial charge >= 0.3 is 0 Å². The first-order chi connectivity index (χ1) is 11.0. The van der Waals surface area contributed by atoms with Crippen LogP contribution in [-0.4, -0.2) is 30.3 Å². The quantitative estimate of drug-likeness (QED) is 0.928. The smallest absolute Gasteiger partial charge is 0.243 e. The zero-order valence-electron chi connectivity index (χ0n) is 14.3. The normalized spacial score (nSPS) is 25.4. The molecule has 0 spiro atoms. The van der Waals surface area contributed by atoms with Crippen LogP contribution in [0.1, 0.15) is 36.8 Å². The van der Waals surface area contributed by atoms with Crippen LogP contribution >= 0.6 is 0 Å². The molecule has 0 heterocycles. The summed E-state index contributed by atoms with van der Waals surface area (Å²) >= 11 is 0. The Hall–Kier alpha value is -1.84. The highest BCUT2D eigenvalue weighted by molar-refractivity contribution is 5.95. The molecule has 1 N–H and O–H groups in total. The summed E-state index contributed by atoms with van der Waals surface area (Å²) in [5, 5.41) is 2.93. The van der Waals surface area contributed by atoms with E-state index in [2.05, 4.69) is 5.32 Å². The Bertz CT molecular complexity index is 614. The van der Waals surface area contributed by atoms with Crippen LogP contribution in [0.4, 0.5) is 5.69 Å².